The van der Waals surface area contributed by atoms with Crippen LogP contribution < -0.4 is 15.5 Å². The number of halogens is 1. The topological polar surface area (TPSA) is 44.4 Å². The van der Waals surface area contributed by atoms with E-state index in [0.29, 0.717) is 6.54 Å². The van der Waals surface area contributed by atoms with Crippen molar-refractivity contribution < 1.29 is 4.79 Å². The van der Waals surface area contributed by atoms with E-state index in [1.54, 1.807) is 0 Å². The molecule has 1 fully saturated rings. The highest BCUT2D eigenvalue weighted by molar-refractivity contribution is 9.10. The Hall–Kier alpha value is -1.07. The number of benzene rings is 1. The molecular weight excluding hydrogens is 294 g/mol. The van der Waals surface area contributed by atoms with Crippen LogP contribution in [0.4, 0.5) is 5.69 Å². The first-order chi connectivity index (χ1) is 8.60. The molecule has 18 heavy (non-hydrogen) atoms. The van der Waals surface area contributed by atoms with Gasteiger partial charge in [0.2, 0.25) is 5.91 Å². The number of carbonyl (C=O) groups is 1. The molecular formula is C13H18BrN3O. The van der Waals surface area contributed by atoms with Gasteiger partial charge < -0.3 is 15.5 Å². The number of nitrogens with zero attached hydrogens (tertiary/aromatic N) is 1. The molecule has 1 saturated heterocycles. The van der Waals surface area contributed by atoms with Gasteiger partial charge in [0.15, 0.2) is 0 Å². The van der Waals surface area contributed by atoms with E-state index in [4.69, 9.17) is 0 Å². The number of anilines is 1. The number of hydrogen-bond donors (Lipinski definition) is 2. The normalized spacial score (nSPS) is 19.8. The van der Waals surface area contributed by atoms with Gasteiger partial charge in [0.25, 0.3) is 0 Å². The molecule has 2 N–H and O–H groups in total. The van der Waals surface area contributed by atoms with E-state index in [-0.39, 0.29) is 11.9 Å². The van der Waals surface area contributed by atoms with Crippen LogP contribution >= 0.6 is 15.9 Å². The molecule has 1 heterocycles. The van der Waals surface area contributed by atoms with Gasteiger partial charge in [0.1, 0.15) is 0 Å². The Morgan fingerprint density at radius 1 is 1.56 bits per heavy atom. The Kier molecular flexibility index (Phi) is 4.24. The van der Waals surface area contributed by atoms with E-state index in [9.17, 15) is 4.79 Å². The summed E-state index contributed by atoms with van der Waals surface area (Å²) in [7, 11) is 1.90. The van der Waals surface area contributed by atoms with E-state index < -0.39 is 0 Å². The molecule has 1 unspecified atom stereocenters. The Morgan fingerprint density at radius 3 is 3.00 bits per heavy atom. The highest BCUT2D eigenvalue weighted by Crippen LogP contribution is 2.24. The van der Waals surface area contributed by atoms with Gasteiger partial charge in [-0.25, -0.2) is 0 Å². The number of rotatable bonds is 3. The summed E-state index contributed by atoms with van der Waals surface area (Å²) in [4.78, 5) is 13.8. The van der Waals surface area contributed by atoms with Crippen molar-refractivity contribution in [3.63, 3.8) is 0 Å². The molecule has 4 nitrogen and oxygen atoms in total. The summed E-state index contributed by atoms with van der Waals surface area (Å²) in [6, 6.07) is 6.37. The Labute approximate surface area is 116 Å². The van der Waals surface area contributed by atoms with Crippen LogP contribution in [0.3, 0.4) is 0 Å². The smallest absolute Gasteiger partial charge is 0.239 e. The second-order valence-corrected chi connectivity index (χ2v) is 5.49. The SMILES string of the molecule is CNCC1CN(c2ccc(C)c(Br)c2)CC(=O)N1. The lowest BCUT2D eigenvalue weighted by atomic mass is 10.1. The summed E-state index contributed by atoms with van der Waals surface area (Å²) in [6.45, 7) is 4.10. The van der Waals surface area contributed by atoms with Crippen LogP contribution in [0.2, 0.25) is 0 Å². The molecule has 0 bridgehead atoms. The maximum Gasteiger partial charge on any atom is 0.239 e. The molecule has 1 aliphatic rings. The number of aryl methyl sites for hydroxylation is 1. The highest BCUT2D eigenvalue weighted by atomic mass is 79.9. The maximum absolute atomic E-state index is 11.7. The number of amides is 1. The largest absolute Gasteiger partial charge is 0.360 e. The second-order valence-electron chi connectivity index (χ2n) is 4.64. The van der Waals surface area contributed by atoms with Crippen LogP contribution in [0.1, 0.15) is 5.56 Å². The van der Waals surface area contributed by atoms with Crippen molar-refractivity contribution in [2.24, 2.45) is 0 Å². The summed E-state index contributed by atoms with van der Waals surface area (Å²) in [6.07, 6.45) is 0. The quantitative estimate of drug-likeness (QED) is 0.884. The summed E-state index contributed by atoms with van der Waals surface area (Å²) >= 11 is 3.53. The predicted octanol–water partition coefficient (Wildman–Crippen LogP) is 1.28. The minimum absolute atomic E-state index is 0.0817. The molecule has 0 radical (unpaired) electrons. The van der Waals surface area contributed by atoms with Crippen molar-refractivity contribution >= 4 is 27.5 Å². The summed E-state index contributed by atoms with van der Waals surface area (Å²) in [5.74, 6) is 0.0817. The van der Waals surface area contributed by atoms with Gasteiger partial charge in [0, 0.05) is 23.2 Å². The third-order valence-electron chi connectivity index (χ3n) is 3.11. The standard InChI is InChI=1S/C13H18BrN3O/c1-9-3-4-11(5-12(9)14)17-7-10(6-15-2)16-13(18)8-17/h3-5,10,15H,6-8H2,1-2H3,(H,16,18). The third-order valence-corrected chi connectivity index (χ3v) is 3.97. The molecule has 98 valence electrons. The predicted molar refractivity (Wildman–Crippen MR) is 76.9 cm³/mol. The molecule has 1 atom stereocenters. The molecule has 0 spiro atoms. The van der Waals surface area contributed by atoms with Crippen molar-refractivity contribution in [1.29, 1.82) is 0 Å². The van der Waals surface area contributed by atoms with Crippen molar-refractivity contribution in [2.45, 2.75) is 13.0 Å². The van der Waals surface area contributed by atoms with Crippen LogP contribution in [0.25, 0.3) is 0 Å². The van der Waals surface area contributed by atoms with Crippen LogP contribution in [0.15, 0.2) is 22.7 Å². The van der Waals surface area contributed by atoms with Crippen molar-refractivity contribution in [2.75, 3.05) is 31.6 Å². The fourth-order valence-electron chi connectivity index (χ4n) is 2.16. The first kappa shape index (κ1) is 13.4. The van der Waals surface area contributed by atoms with E-state index >= 15 is 0 Å². The molecule has 1 aromatic rings. The van der Waals surface area contributed by atoms with Gasteiger partial charge in [0.05, 0.1) is 12.6 Å². The molecule has 2 rings (SSSR count). The number of piperazine rings is 1. The lowest BCUT2D eigenvalue weighted by molar-refractivity contribution is -0.121. The summed E-state index contributed by atoms with van der Waals surface area (Å²) in [5, 5.41) is 6.09. The molecule has 1 aromatic carbocycles. The van der Waals surface area contributed by atoms with E-state index in [1.807, 2.05) is 7.05 Å². The van der Waals surface area contributed by atoms with Crippen molar-refractivity contribution in [1.82, 2.24) is 10.6 Å². The number of carbonyl (C=O) groups excluding carboxylic acids is 1. The van der Waals surface area contributed by atoms with Crippen LogP contribution in [0.5, 0.6) is 0 Å². The van der Waals surface area contributed by atoms with Gasteiger partial charge in [-0.1, -0.05) is 22.0 Å². The zero-order chi connectivity index (χ0) is 13.1. The first-order valence-corrected chi connectivity index (χ1v) is 6.84. The zero-order valence-electron chi connectivity index (χ0n) is 10.7. The molecule has 5 heteroatoms. The van der Waals surface area contributed by atoms with Crippen LogP contribution in [-0.4, -0.2) is 38.6 Å². The monoisotopic (exact) mass is 311 g/mol. The van der Waals surface area contributed by atoms with E-state index in [0.717, 1.165) is 23.2 Å². The van der Waals surface area contributed by atoms with Crippen LogP contribution in [-0.2, 0) is 4.79 Å². The Balaban J connectivity index is 2.15. The summed E-state index contributed by atoms with van der Waals surface area (Å²) < 4.78 is 1.08. The molecule has 0 aromatic heterocycles. The average molecular weight is 312 g/mol. The molecule has 0 saturated carbocycles. The summed E-state index contributed by atoms with van der Waals surface area (Å²) in [5.41, 5.74) is 2.29. The van der Waals surface area contributed by atoms with Gasteiger partial charge >= 0.3 is 0 Å². The molecule has 1 amide bonds. The third kappa shape index (κ3) is 3.03. The lowest BCUT2D eigenvalue weighted by Crippen LogP contribution is -2.57. The Bertz CT molecular complexity index is 450. The highest BCUT2D eigenvalue weighted by Gasteiger charge is 2.24. The van der Waals surface area contributed by atoms with E-state index in [1.165, 1.54) is 5.56 Å². The van der Waals surface area contributed by atoms with Gasteiger partial charge in [-0.2, -0.15) is 0 Å². The lowest BCUT2D eigenvalue weighted by Gasteiger charge is -2.34. The average Bonchev–Trinajstić information content (AvgIpc) is 2.32. The van der Waals surface area contributed by atoms with Crippen molar-refractivity contribution in [3.8, 4) is 0 Å². The Morgan fingerprint density at radius 2 is 2.33 bits per heavy atom. The minimum atomic E-state index is 0.0817. The number of nitrogens with one attached hydrogen (secondary N) is 2. The zero-order valence-corrected chi connectivity index (χ0v) is 12.3. The molecule has 0 aliphatic carbocycles. The number of likely N-dealkylation sites (N-methyl/N-ethyl adjacent to an activating group) is 1. The maximum atomic E-state index is 11.7. The van der Waals surface area contributed by atoms with Gasteiger partial charge in [-0.3, -0.25) is 4.79 Å². The van der Waals surface area contributed by atoms with E-state index in [2.05, 4.69) is 56.6 Å². The van der Waals surface area contributed by atoms with Gasteiger partial charge in [-0.05, 0) is 31.7 Å². The first-order valence-electron chi connectivity index (χ1n) is 6.05. The second kappa shape index (κ2) is 5.71. The fourth-order valence-corrected chi connectivity index (χ4v) is 2.53. The van der Waals surface area contributed by atoms with Gasteiger partial charge in [-0.15, -0.1) is 0 Å². The molecule has 1 aliphatic heterocycles. The number of hydrogen-bond acceptors (Lipinski definition) is 3. The minimum Gasteiger partial charge on any atom is -0.360 e. The van der Waals surface area contributed by atoms with Crippen LogP contribution in [0, 0.1) is 6.92 Å². The fraction of sp³-hybridized carbons (Fsp3) is 0.462. The van der Waals surface area contributed by atoms with Crippen molar-refractivity contribution in [3.05, 3.63) is 28.2 Å².